The summed E-state index contributed by atoms with van der Waals surface area (Å²) in [6.07, 6.45) is 0. The molecule has 0 N–H and O–H groups in total. The molecule has 0 radical (unpaired) electrons. The van der Waals surface area contributed by atoms with Crippen LogP contribution >= 0.6 is 0 Å². The van der Waals surface area contributed by atoms with Crippen LogP contribution in [0.3, 0.4) is 0 Å². The highest BCUT2D eigenvalue weighted by atomic mass is 15.2. The van der Waals surface area contributed by atoms with E-state index in [2.05, 4.69) is 89.5 Å². The van der Waals surface area contributed by atoms with Gasteiger partial charge in [0.15, 0.2) is 0 Å². The summed E-state index contributed by atoms with van der Waals surface area (Å²) in [6, 6.07) is 29.4. The smallest absolute Gasteiger partial charge is 0.0547 e. The molecule has 0 atom stereocenters. The molecule has 4 rings (SSSR count). The molecule has 0 unspecified atom stereocenters. The predicted molar refractivity (Wildman–Crippen MR) is 142 cm³/mol. The molecule has 0 amide bonds. The molecule has 0 saturated heterocycles. The van der Waals surface area contributed by atoms with Gasteiger partial charge in [0.25, 0.3) is 0 Å². The van der Waals surface area contributed by atoms with E-state index in [0.717, 1.165) is 73.4 Å². The SMILES string of the molecule is Cc1cccc(CN(CCN(Cc2cccc(C)n2)Cc2cccc(C)n2)Cc2ccccc2)n1. The largest absolute Gasteiger partial charge is 0.292 e. The number of hydrogen-bond acceptors (Lipinski definition) is 5. The molecular weight excluding hydrogens is 430 g/mol. The van der Waals surface area contributed by atoms with Crippen molar-refractivity contribution in [2.45, 2.75) is 47.0 Å². The van der Waals surface area contributed by atoms with Crippen molar-refractivity contribution < 1.29 is 0 Å². The Morgan fingerprint density at radius 1 is 0.457 bits per heavy atom. The van der Waals surface area contributed by atoms with E-state index in [9.17, 15) is 0 Å². The molecule has 35 heavy (non-hydrogen) atoms. The van der Waals surface area contributed by atoms with Crippen molar-refractivity contribution >= 4 is 0 Å². The number of rotatable bonds is 11. The maximum atomic E-state index is 4.76. The van der Waals surface area contributed by atoms with E-state index in [1.165, 1.54) is 5.56 Å². The predicted octanol–water partition coefficient (Wildman–Crippen LogP) is 5.50. The van der Waals surface area contributed by atoms with Crippen LogP contribution in [-0.4, -0.2) is 37.8 Å². The van der Waals surface area contributed by atoms with E-state index < -0.39 is 0 Å². The molecule has 0 aliphatic rings. The average molecular weight is 466 g/mol. The number of nitrogens with zero attached hydrogens (tertiary/aromatic N) is 5. The standard InChI is InChI=1S/C30H35N5/c1-24-10-7-15-28(31-24)21-34(20-27-13-5-4-6-14-27)18-19-35(22-29-16-8-11-25(2)32-29)23-30-17-9-12-26(3)33-30/h4-17H,18-23H2,1-3H3. The van der Waals surface area contributed by atoms with Gasteiger partial charge in [-0.25, -0.2) is 0 Å². The Labute approximate surface area is 209 Å². The van der Waals surface area contributed by atoms with Crippen LogP contribution in [0, 0.1) is 20.8 Å². The van der Waals surface area contributed by atoms with Crippen molar-refractivity contribution in [3.8, 4) is 0 Å². The van der Waals surface area contributed by atoms with Gasteiger partial charge >= 0.3 is 0 Å². The first-order valence-corrected chi connectivity index (χ1v) is 12.3. The summed E-state index contributed by atoms with van der Waals surface area (Å²) >= 11 is 0. The fraction of sp³-hybridized carbons (Fsp3) is 0.300. The van der Waals surface area contributed by atoms with Gasteiger partial charge in [0, 0.05) is 56.4 Å². The third-order valence-corrected chi connectivity index (χ3v) is 5.98. The first-order valence-electron chi connectivity index (χ1n) is 12.3. The molecule has 0 fully saturated rings. The van der Waals surface area contributed by atoms with Gasteiger partial charge in [-0.15, -0.1) is 0 Å². The molecule has 180 valence electrons. The van der Waals surface area contributed by atoms with Gasteiger partial charge in [-0.1, -0.05) is 48.5 Å². The fourth-order valence-corrected chi connectivity index (χ4v) is 4.30. The number of benzene rings is 1. The molecule has 0 aliphatic carbocycles. The van der Waals surface area contributed by atoms with E-state index in [0.29, 0.717) is 0 Å². The van der Waals surface area contributed by atoms with Gasteiger partial charge in [0.2, 0.25) is 0 Å². The summed E-state index contributed by atoms with van der Waals surface area (Å²) in [4.78, 5) is 19.2. The van der Waals surface area contributed by atoms with Crippen molar-refractivity contribution in [1.29, 1.82) is 0 Å². The van der Waals surface area contributed by atoms with Crippen LogP contribution < -0.4 is 0 Å². The zero-order valence-electron chi connectivity index (χ0n) is 21.1. The second-order valence-corrected chi connectivity index (χ2v) is 9.22. The van der Waals surface area contributed by atoms with Crippen molar-refractivity contribution in [1.82, 2.24) is 24.8 Å². The highest BCUT2D eigenvalue weighted by Crippen LogP contribution is 2.13. The normalized spacial score (nSPS) is 11.3. The monoisotopic (exact) mass is 465 g/mol. The van der Waals surface area contributed by atoms with Crippen LogP contribution in [0.15, 0.2) is 84.9 Å². The maximum Gasteiger partial charge on any atom is 0.0547 e. The second kappa shape index (κ2) is 12.3. The molecule has 0 bridgehead atoms. The Bertz CT molecular complexity index is 1160. The van der Waals surface area contributed by atoms with E-state index in [1.54, 1.807) is 0 Å². The van der Waals surface area contributed by atoms with E-state index in [4.69, 9.17) is 15.0 Å². The van der Waals surface area contributed by atoms with Crippen molar-refractivity contribution in [3.63, 3.8) is 0 Å². The minimum atomic E-state index is 0.791. The summed E-state index contributed by atoms with van der Waals surface area (Å²) in [5.41, 5.74) is 7.75. The molecule has 4 aromatic rings. The van der Waals surface area contributed by atoms with Crippen molar-refractivity contribution in [3.05, 3.63) is 125 Å². The second-order valence-electron chi connectivity index (χ2n) is 9.22. The van der Waals surface area contributed by atoms with Crippen molar-refractivity contribution in [2.75, 3.05) is 13.1 Å². The Morgan fingerprint density at radius 3 is 1.26 bits per heavy atom. The fourth-order valence-electron chi connectivity index (χ4n) is 4.30. The van der Waals surface area contributed by atoms with E-state index >= 15 is 0 Å². The summed E-state index contributed by atoms with van der Waals surface area (Å²) in [7, 11) is 0. The average Bonchev–Trinajstić information content (AvgIpc) is 2.83. The van der Waals surface area contributed by atoms with Gasteiger partial charge in [-0.2, -0.15) is 0 Å². The quantitative estimate of drug-likeness (QED) is 0.293. The van der Waals surface area contributed by atoms with Crippen LogP contribution in [0.25, 0.3) is 0 Å². The number of hydrogen-bond donors (Lipinski definition) is 0. The molecule has 5 heteroatoms. The first kappa shape index (κ1) is 24.7. The highest BCUT2D eigenvalue weighted by Gasteiger charge is 2.14. The third kappa shape index (κ3) is 8.09. The van der Waals surface area contributed by atoms with E-state index in [-0.39, 0.29) is 0 Å². The Balaban J connectivity index is 1.51. The summed E-state index contributed by atoms with van der Waals surface area (Å²) in [6.45, 7) is 11.3. The maximum absolute atomic E-state index is 4.76. The Morgan fingerprint density at radius 2 is 0.857 bits per heavy atom. The van der Waals surface area contributed by atoms with Gasteiger partial charge in [-0.3, -0.25) is 24.8 Å². The van der Waals surface area contributed by atoms with Crippen LogP contribution in [0.4, 0.5) is 0 Å². The molecule has 0 spiro atoms. The van der Waals surface area contributed by atoms with Gasteiger partial charge in [-0.05, 0) is 62.7 Å². The number of aryl methyl sites for hydroxylation is 3. The van der Waals surface area contributed by atoms with Gasteiger partial charge < -0.3 is 0 Å². The van der Waals surface area contributed by atoms with Crippen LogP contribution in [0.5, 0.6) is 0 Å². The topological polar surface area (TPSA) is 45.2 Å². The summed E-state index contributed by atoms with van der Waals surface area (Å²) in [5, 5.41) is 0. The van der Waals surface area contributed by atoms with Crippen LogP contribution in [-0.2, 0) is 26.2 Å². The summed E-state index contributed by atoms with van der Waals surface area (Å²) < 4.78 is 0. The number of aromatic nitrogens is 3. The zero-order valence-corrected chi connectivity index (χ0v) is 21.1. The minimum Gasteiger partial charge on any atom is -0.292 e. The molecule has 5 nitrogen and oxygen atoms in total. The lowest BCUT2D eigenvalue weighted by molar-refractivity contribution is 0.179. The third-order valence-electron chi connectivity index (χ3n) is 5.98. The summed E-state index contributed by atoms with van der Waals surface area (Å²) in [5.74, 6) is 0. The molecule has 0 aliphatic heterocycles. The Kier molecular flexibility index (Phi) is 8.71. The molecule has 1 aromatic carbocycles. The van der Waals surface area contributed by atoms with Crippen LogP contribution in [0.1, 0.15) is 39.7 Å². The zero-order chi connectivity index (χ0) is 24.5. The number of pyridine rings is 3. The van der Waals surface area contributed by atoms with Crippen LogP contribution in [0.2, 0.25) is 0 Å². The van der Waals surface area contributed by atoms with Crippen molar-refractivity contribution in [2.24, 2.45) is 0 Å². The lowest BCUT2D eigenvalue weighted by Gasteiger charge is -2.28. The lowest BCUT2D eigenvalue weighted by Crippen LogP contribution is -2.35. The van der Waals surface area contributed by atoms with E-state index in [1.807, 2.05) is 26.0 Å². The van der Waals surface area contributed by atoms with Gasteiger partial charge in [0.05, 0.1) is 17.1 Å². The lowest BCUT2D eigenvalue weighted by atomic mass is 10.2. The molecule has 0 saturated carbocycles. The first-order chi connectivity index (χ1) is 17.0. The van der Waals surface area contributed by atoms with Gasteiger partial charge in [0.1, 0.15) is 0 Å². The molecule has 3 heterocycles. The molecular formula is C30H35N5. The minimum absolute atomic E-state index is 0.791. The highest BCUT2D eigenvalue weighted by molar-refractivity contribution is 5.16. The Hall–Kier alpha value is -3.41. The molecule has 3 aromatic heterocycles.